The SMILES string of the molecule is NC(=O)C(O)(c1ccccc1)c1ccc(C2OCCO2)cc1. The maximum absolute atomic E-state index is 11.9. The van der Waals surface area contributed by atoms with Crippen molar-refractivity contribution < 1.29 is 19.4 Å². The van der Waals surface area contributed by atoms with E-state index >= 15 is 0 Å². The molecular weight excluding hydrogens is 282 g/mol. The van der Waals surface area contributed by atoms with E-state index in [1.54, 1.807) is 48.5 Å². The Morgan fingerprint density at radius 3 is 2.09 bits per heavy atom. The molecule has 114 valence electrons. The number of nitrogens with two attached hydrogens (primary N) is 1. The highest BCUT2D eigenvalue weighted by atomic mass is 16.7. The average molecular weight is 299 g/mol. The molecule has 1 amide bonds. The van der Waals surface area contributed by atoms with Gasteiger partial charge in [0.2, 0.25) is 0 Å². The second kappa shape index (κ2) is 5.88. The minimum atomic E-state index is -1.86. The molecule has 3 N–H and O–H groups in total. The van der Waals surface area contributed by atoms with Crippen molar-refractivity contribution in [2.45, 2.75) is 11.9 Å². The Morgan fingerprint density at radius 2 is 1.55 bits per heavy atom. The van der Waals surface area contributed by atoms with Crippen molar-refractivity contribution in [2.24, 2.45) is 5.73 Å². The van der Waals surface area contributed by atoms with Crippen molar-refractivity contribution >= 4 is 5.91 Å². The van der Waals surface area contributed by atoms with Crippen LogP contribution < -0.4 is 5.73 Å². The Hall–Kier alpha value is -2.21. The summed E-state index contributed by atoms with van der Waals surface area (Å²) in [5, 5.41) is 10.9. The van der Waals surface area contributed by atoms with Crippen LogP contribution in [0.4, 0.5) is 0 Å². The van der Waals surface area contributed by atoms with E-state index in [-0.39, 0.29) is 0 Å². The minimum Gasteiger partial charge on any atom is -0.372 e. The number of benzene rings is 2. The zero-order chi connectivity index (χ0) is 15.6. The zero-order valence-electron chi connectivity index (χ0n) is 11.9. The van der Waals surface area contributed by atoms with E-state index in [2.05, 4.69) is 0 Å². The molecule has 1 unspecified atom stereocenters. The zero-order valence-corrected chi connectivity index (χ0v) is 11.9. The van der Waals surface area contributed by atoms with Crippen LogP contribution in [-0.2, 0) is 19.9 Å². The number of primary amides is 1. The van der Waals surface area contributed by atoms with E-state index < -0.39 is 17.8 Å². The average Bonchev–Trinajstić information content (AvgIpc) is 3.09. The largest absolute Gasteiger partial charge is 0.372 e. The second-order valence-electron chi connectivity index (χ2n) is 5.14. The van der Waals surface area contributed by atoms with Gasteiger partial charge in [-0.2, -0.15) is 0 Å². The normalized spacial score (nSPS) is 18.0. The van der Waals surface area contributed by atoms with E-state index in [9.17, 15) is 9.90 Å². The molecule has 1 aliphatic rings. The van der Waals surface area contributed by atoms with E-state index in [1.165, 1.54) is 0 Å². The van der Waals surface area contributed by atoms with Gasteiger partial charge in [0.15, 0.2) is 11.9 Å². The molecule has 1 saturated heterocycles. The Labute approximate surface area is 128 Å². The van der Waals surface area contributed by atoms with Gasteiger partial charge in [-0.15, -0.1) is 0 Å². The number of carbonyl (C=O) groups excluding carboxylic acids is 1. The van der Waals surface area contributed by atoms with Gasteiger partial charge in [-0.3, -0.25) is 4.79 Å². The first-order valence-corrected chi connectivity index (χ1v) is 7.04. The van der Waals surface area contributed by atoms with Crippen molar-refractivity contribution in [1.29, 1.82) is 0 Å². The van der Waals surface area contributed by atoms with Crippen LogP contribution in [0.5, 0.6) is 0 Å². The summed E-state index contributed by atoms with van der Waals surface area (Å²) in [5.41, 5.74) is 5.27. The fourth-order valence-electron chi connectivity index (χ4n) is 2.56. The number of hydrogen-bond acceptors (Lipinski definition) is 4. The monoisotopic (exact) mass is 299 g/mol. The van der Waals surface area contributed by atoms with Gasteiger partial charge < -0.3 is 20.3 Å². The highest BCUT2D eigenvalue weighted by Crippen LogP contribution is 2.31. The van der Waals surface area contributed by atoms with Crippen molar-refractivity contribution in [3.63, 3.8) is 0 Å². The number of rotatable bonds is 4. The molecule has 5 heteroatoms. The third kappa shape index (κ3) is 2.50. The highest BCUT2D eigenvalue weighted by Gasteiger charge is 2.38. The van der Waals surface area contributed by atoms with Crippen LogP contribution >= 0.6 is 0 Å². The van der Waals surface area contributed by atoms with Gasteiger partial charge in [-0.25, -0.2) is 0 Å². The number of amides is 1. The van der Waals surface area contributed by atoms with Crippen molar-refractivity contribution in [2.75, 3.05) is 13.2 Å². The van der Waals surface area contributed by atoms with Gasteiger partial charge in [0.05, 0.1) is 13.2 Å². The molecule has 2 aromatic carbocycles. The summed E-state index contributed by atoms with van der Waals surface area (Å²) < 4.78 is 10.8. The first-order valence-electron chi connectivity index (χ1n) is 7.04. The number of carbonyl (C=O) groups is 1. The van der Waals surface area contributed by atoms with Gasteiger partial charge in [0, 0.05) is 5.56 Å². The molecule has 1 atom stereocenters. The van der Waals surface area contributed by atoms with Crippen LogP contribution in [0.1, 0.15) is 23.0 Å². The molecule has 0 aromatic heterocycles. The Bertz CT molecular complexity index is 650. The van der Waals surface area contributed by atoms with Crippen LogP contribution in [0.25, 0.3) is 0 Å². The Kier molecular flexibility index (Phi) is 3.94. The van der Waals surface area contributed by atoms with Gasteiger partial charge in [-0.1, -0.05) is 54.6 Å². The number of ether oxygens (including phenoxy) is 2. The molecule has 1 fully saturated rings. The highest BCUT2D eigenvalue weighted by molar-refractivity contribution is 5.88. The Balaban J connectivity index is 1.97. The van der Waals surface area contributed by atoms with Gasteiger partial charge in [-0.05, 0) is 11.1 Å². The fourth-order valence-corrected chi connectivity index (χ4v) is 2.56. The molecular formula is C17H17NO4. The van der Waals surface area contributed by atoms with E-state index in [1.807, 2.05) is 6.07 Å². The Morgan fingerprint density at radius 1 is 1.00 bits per heavy atom. The number of hydrogen-bond donors (Lipinski definition) is 2. The van der Waals surface area contributed by atoms with Crippen molar-refractivity contribution in [1.82, 2.24) is 0 Å². The summed E-state index contributed by atoms with van der Waals surface area (Å²) in [6.45, 7) is 1.11. The molecule has 1 heterocycles. The molecule has 5 nitrogen and oxygen atoms in total. The summed E-state index contributed by atoms with van der Waals surface area (Å²) in [4.78, 5) is 11.9. The summed E-state index contributed by atoms with van der Waals surface area (Å²) in [7, 11) is 0. The summed E-state index contributed by atoms with van der Waals surface area (Å²) >= 11 is 0. The predicted octanol–water partition coefficient (Wildman–Crippen LogP) is 1.45. The molecule has 0 saturated carbocycles. The van der Waals surface area contributed by atoms with Gasteiger partial charge in [0.1, 0.15) is 0 Å². The first-order chi connectivity index (χ1) is 10.6. The third-order valence-corrected chi connectivity index (χ3v) is 3.77. The maximum atomic E-state index is 11.9. The quantitative estimate of drug-likeness (QED) is 0.895. The van der Waals surface area contributed by atoms with Crippen molar-refractivity contribution in [3.8, 4) is 0 Å². The summed E-state index contributed by atoms with van der Waals surface area (Å²) in [6, 6.07) is 15.5. The lowest BCUT2D eigenvalue weighted by Gasteiger charge is -2.26. The van der Waals surface area contributed by atoms with E-state index in [4.69, 9.17) is 15.2 Å². The van der Waals surface area contributed by atoms with Gasteiger partial charge >= 0.3 is 0 Å². The van der Waals surface area contributed by atoms with E-state index in [0.717, 1.165) is 5.56 Å². The van der Waals surface area contributed by atoms with Crippen LogP contribution in [0.3, 0.4) is 0 Å². The minimum absolute atomic E-state index is 0.396. The molecule has 1 aliphatic heterocycles. The topological polar surface area (TPSA) is 81.8 Å². The molecule has 0 bridgehead atoms. The first kappa shape index (κ1) is 14.7. The van der Waals surface area contributed by atoms with Crippen LogP contribution in [0, 0.1) is 0 Å². The lowest BCUT2D eigenvalue weighted by molar-refractivity contribution is -0.133. The van der Waals surface area contributed by atoms with Crippen LogP contribution in [0.15, 0.2) is 54.6 Å². The molecule has 0 aliphatic carbocycles. The fraction of sp³-hybridized carbons (Fsp3) is 0.235. The standard InChI is InChI=1S/C17H17NO4/c18-16(19)17(20,13-4-2-1-3-5-13)14-8-6-12(7-9-14)15-21-10-11-22-15/h1-9,15,20H,10-11H2,(H2,18,19). The van der Waals surface area contributed by atoms with Crippen LogP contribution in [-0.4, -0.2) is 24.2 Å². The number of aliphatic hydroxyl groups is 1. The predicted molar refractivity (Wildman–Crippen MR) is 79.7 cm³/mol. The second-order valence-corrected chi connectivity index (χ2v) is 5.14. The molecule has 0 radical (unpaired) electrons. The summed E-state index contributed by atoms with van der Waals surface area (Å²) in [6.07, 6.45) is -0.396. The lowest BCUT2D eigenvalue weighted by atomic mass is 9.85. The molecule has 22 heavy (non-hydrogen) atoms. The molecule has 0 spiro atoms. The van der Waals surface area contributed by atoms with Gasteiger partial charge in [0.25, 0.3) is 5.91 Å². The lowest BCUT2D eigenvalue weighted by Crippen LogP contribution is -2.42. The van der Waals surface area contributed by atoms with Crippen molar-refractivity contribution in [3.05, 3.63) is 71.3 Å². The van der Waals surface area contributed by atoms with Crippen LogP contribution in [0.2, 0.25) is 0 Å². The molecule has 2 aromatic rings. The third-order valence-electron chi connectivity index (χ3n) is 3.77. The maximum Gasteiger partial charge on any atom is 0.258 e. The molecule has 3 rings (SSSR count). The van der Waals surface area contributed by atoms with E-state index in [0.29, 0.717) is 24.3 Å². The summed E-state index contributed by atoms with van der Waals surface area (Å²) in [5.74, 6) is -0.820. The smallest absolute Gasteiger partial charge is 0.258 e.